The minimum atomic E-state index is -0.259. The number of ether oxygens (including phenoxy) is 1. The number of aromatic nitrogens is 3. The summed E-state index contributed by atoms with van der Waals surface area (Å²) >= 11 is 0. The van der Waals surface area contributed by atoms with E-state index in [0.29, 0.717) is 13.2 Å². The van der Waals surface area contributed by atoms with Gasteiger partial charge in [-0.2, -0.15) is 0 Å². The molecule has 2 N–H and O–H groups in total. The molecule has 2 heterocycles. The molecule has 0 spiro atoms. The Labute approximate surface area is 141 Å². The van der Waals surface area contributed by atoms with Gasteiger partial charge in [-0.3, -0.25) is 0 Å². The molecule has 0 unspecified atom stereocenters. The van der Waals surface area contributed by atoms with E-state index in [1.54, 1.807) is 0 Å². The Balaban J connectivity index is 1.53. The van der Waals surface area contributed by atoms with Gasteiger partial charge in [0, 0.05) is 18.7 Å². The van der Waals surface area contributed by atoms with Crippen molar-refractivity contribution in [1.82, 2.24) is 20.1 Å². The minimum Gasteiger partial charge on any atom is -0.494 e. The second-order valence-corrected chi connectivity index (χ2v) is 5.76. The van der Waals surface area contributed by atoms with Gasteiger partial charge in [-0.05, 0) is 44.0 Å². The molecule has 7 nitrogen and oxygen atoms in total. The Bertz CT molecular complexity index is 681. The SMILES string of the molecule is CCOc1ccc(NC(=O)NCc2nnc3n2CCCCC3)cc1. The van der Waals surface area contributed by atoms with Gasteiger partial charge in [-0.25, -0.2) is 4.79 Å². The van der Waals surface area contributed by atoms with Crippen LogP contribution in [0.4, 0.5) is 10.5 Å². The fourth-order valence-electron chi connectivity index (χ4n) is 2.81. The lowest BCUT2D eigenvalue weighted by Gasteiger charge is -2.10. The van der Waals surface area contributed by atoms with E-state index in [0.717, 1.165) is 48.9 Å². The van der Waals surface area contributed by atoms with Gasteiger partial charge in [0.25, 0.3) is 0 Å². The van der Waals surface area contributed by atoms with Crippen LogP contribution in [0.3, 0.4) is 0 Å². The third-order valence-corrected chi connectivity index (χ3v) is 4.02. The number of urea groups is 1. The average Bonchev–Trinajstić information content (AvgIpc) is 2.82. The van der Waals surface area contributed by atoms with Crippen LogP contribution in [0.25, 0.3) is 0 Å². The van der Waals surface area contributed by atoms with Crippen LogP contribution in [0.2, 0.25) is 0 Å². The topological polar surface area (TPSA) is 81.1 Å². The summed E-state index contributed by atoms with van der Waals surface area (Å²) in [7, 11) is 0. The largest absolute Gasteiger partial charge is 0.494 e. The van der Waals surface area contributed by atoms with Crippen molar-refractivity contribution in [3.63, 3.8) is 0 Å². The number of benzene rings is 1. The maximum atomic E-state index is 12.0. The molecule has 3 rings (SSSR count). The molecule has 0 aliphatic carbocycles. The number of aryl methyl sites for hydroxylation is 1. The zero-order valence-corrected chi connectivity index (χ0v) is 13.9. The quantitative estimate of drug-likeness (QED) is 0.884. The van der Waals surface area contributed by atoms with Crippen LogP contribution in [-0.2, 0) is 19.5 Å². The lowest BCUT2D eigenvalue weighted by Crippen LogP contribution is -2.29. The van der Waals surface area contributed by atoms with E-state index < -0.39 is 0 Å². The summed E-state index contributed by atoms with van der Waals surface area (Å²) in [6.45, 7) is 3.86. The second-order valence-electron chi connectivity index (χ2n) is 5.76. The third-order valence-electron chi connectivity index (χ3n) is 4.02. The number of rotatable bonds is 5. The maximum Gasteiger partial charge on any atom is 0.319 e. The Kier molecular flexibility index (Phi) is 5.30. The van der Waals surface area contributed by atoms with Crippen molar-refractivity contribution in [3.05, 3.63) is 35.9 Å². The van der Waals surface area contributed by atoms with E-state index >= 15 is 0 Å². The smallest absolute Gasteiger partial charge is 0.319 e. The average molecular weight is 329 g/mol. The molecule has 0 fully saturated rings. The number of hydrogen-bond donors (Lipinski definition) is 2. The number of hydrogen-bond acceptors (Lipinski definition) is 4. The Morgan fingerprint density at radius 2 is 2.04 bits per heavy atom. The van der Waals surface area contributed by atoms with Crippen molar-refractivity contribution in [3.8, 4) is 5.75 Å². The maximum absolute atomic E-state index is 12.0. The van der Waals surface area contributed by atoms with E-state index in [1.165, 1.54) is 6.42 Å². The van der Waals surface area contributed by atoms with E-state index in [2.05, 4.69) is 25.4 Å². The molecule has 2 aromatic rings. The number of nitrogens with zero attached hydrogens (tertiary/aromatic N) is 3. The van der Waals surface area contributed by atoms with Crippen LogP contribution < -0.4 is 15.4 Å². The molecule has 24 heavy (non-hydrogen) atoms. The van der Waals surface area contributed by atoms with Gasteiger partial charge < -0.3 is 19.9 Å². The number of nitrogens with one attached hydrogen (secondary N) is 2. The molecule has 2 amide bonds. The highest BCUT2D eigenvalue weighted by atomic mass is 16.5. The molecule has 1 aromatic heterocycles. The summed E-state index contributed by atoms with van der Waals surface area (Å²) in [6, 6.07) is 7.03. The van der Waals surface area contributed by atoms with Crippen LogP contribution in [0.5, 0.6) is 5.75 Å². The summed E-state index contributed by atoms with van der Waals surface area (Å²) in [5.41, 5.74) is 0.719. The third kappa shape index (κ3) is 4.04. The number of anilines is 1. The Hall–Kier alpha value is -2.57. The van der Waals surface area contributed by atoms with Crippen LogP contribution in [0, 0.1) is 0 Å². The van der Waals surface area contributed by atoms with Crippen molar-refractivity contribution in [2.45, 2.75) is 45.7 Å². The molecule has 0 saturated heterocycles. The van der Waals surface area contributed by atoms with E-state index in [9.17, 15) is 4.79 Å². The minimum absolute atomic E-state index is 0.259. The molecule has 1 aromatic carbocycles. The van der Waals surface area contributed by atoms with Crippen LogP contribution in [-0.4, -0.2) is 27.4 Å². The van der Waals surface area contributed by atoms with Crippen LogP contribution in [0.1, 0.15) is 37.8 Å². The molecule has 128 valence electrons. The molecule has 0 saturated carbocycles. The monoisotopic (exact) mass is 329 g/mol. The van der Waals surface area contributed by atoms with Crippen molar-refractivity contribution in [1.29, 1.82) is 0 Å². The normalized spacial score (nSPS) is 13.7. The zero-order chi connectivity index (χ0) is 16.8. The van der Waals surface area contributed by atoms with Crippen molar-refractivity contribution < 1.29 is 9.53 Å². The summed E-state index contributed by atoms with van der Waals surface area (Å²) in [5.74, 6) is 2.62. The summed E-state index contributed by atoms with van der Waals surface area (Å²) in [6.07, 6.45) is 4.47. The molecule has 0 radical (unpaired) electrons. The molecular weight excluding hydrogens is 306 g/mol. The van der Waals surface area contributed by atoms with Crippen molar-refractivity contribution in [2.75, 3.05) is 11.9 Å². The summed E-state index contributed by atoms with van der Waals surface area (Å²) in [5, 5.41) is 14.1. The molecule has 0 atom stereocenters. The lowest BCUT2D eigenvalue weighted by molar-refractivity contribution is 0.251. The van der Waals surface area contributed by atoms with Crippen LogP contribution >= 0.6 is 0 Å². The molecule has 1 aliphatic heterocycles. The van der Waals surface area contributed by atoms with Crippen molar-refractivity contribution in [2.24, 2.45) is 0 Å². The fourth-order valence-corrected chi connectivity index (χ4v) is 2.81. The number of carbonyl (C=O) groups excluding carboxylic acids is 1. The van der Waals surface area contributed by atoms with Gasteiger partial charge in [0.05, 0.1) is 13.2 Å². The van der Waals surface area contributed by atoms with Gasteiger partial charge in [0.15, 0.2) is 5.82 Å². The summed E-state index contributed by atoms with van der Waals surface area (Å²) in [4.78, 5) is 12.0. The number of fused-ring (bicyclic) bond motifs is 1. The molecular formula is C17H23N5O2. The lowest BCUT2D eigenvalue weighted by atomic mass is 10.2. The predicted octanol–water partition coefficient (Wildman–Crippen LogP) is 2.72. The zero-order valence-electron chi connectivity index (χ0n) is 13.9. The van der Waals surface area contributed by atoms with E-state index in [4.69, 9.17) is 4.74 Å². The first-order valence-corrected chi connectivity index (χ1v) is 8.45. The number of carbonyl (C=O) groups is 1. The van der Waals surface area contributed by atoms with Crippen LogP contribution in [0.15, 0.2) is 24.3 Å². The van der Waals surface area contributed by atoms with Crippen molar-refractivity contribution >= 4 is 11.7 Å². The first-order valence-electron chi connectivity index (χ1n) is 8.45. The molecule has 7 heteroatoms. The second kappa shape index (κ2) is 7.81. The Morgan fingerprint density at radius 3 is 2.83 bits per heavy atom. The fraction of sp³-hybridized carbons (Fsp3) is 0.471. The standard InChI is InChI=1S/C17H23N5O2/c1-2-24-14-9-7-13(8-10-14)19-17(23)18-12-16-21-20-15-6-4-3-5-11-22(15)16/h7-10H,2-6,11-12H2,1H3,(H2,18,19,23). The molecule has 1 aliphatic rings. The van der Waals surface area contributed by atoms with Gasteiger partial charge >= 0.3 is 6.03 Å². The first-order chi connectivity index (χ1) is 11.8. The van der Waals surface area contributed by atoms with E-state index in [1.807, 2.05) is 31.2 Å². The highest BCUT2D eigenvalue weighted by molar-refractivity contribution is 5.89. The summed E-state index contributed by atoms with van der Waals surface area (Å²) < 4.78 is 7.51. The number of amides is 2. The van der Waals surface area contributed by atoms with Gasteiger partial charge in [-0.1, -0.05) is 6.42 Å². The highest BCUT2D eigenvalue weighted by Gasteiger charge is 2.15. The van der Waals surface area contributed by atoms with E-state index in [-0.39, 0.29) is 6.03 Å². The Morgan fingerprint density at radius 1 is 1.21 bits per heavy atom. The molecule has 0 bridgehead atoms. The van der Waals surface area contributed by atoms with Gasteiger partial charge in [0.2, 0.25) is 0 Å². The van der Waals surface area contributed by atoms with Gasteiger partial charge in [0.1, 0.15) is 11.6 Å². The highest BCUT2D eigenvalue weighted by Crippen LogP contribution is 2.16. The first kappa shape index (κ1) is 16.3. The van der Waals surface area contributed by atoms with Gasteiger partial charge in [-0.15, -0.1) is 10.2 Å². The predicted molar refractivity (Wildman–Crippen MR) is 91.0 cm³/mol.